The molecule has 1 fully saturated rings. The van der Waals surface area contributed by atoms with Crippen molar-refractivity contribution in [3.8, 4) is 0 Å². The highest BCUT2D eigenvalue weighted by Crippen LogP contribution is 2.38. The van der Waals surface area contributed by atoms with Gasteiger partial charge in [0, 0.05) is 6.42 Å². The molecular formula is C18H30ClN3O3S. The summed E-state index contributed by atoms with van der Waals surface area (Å²) in [6.07, 6.45) is 7.00. The first-order valence-corrected chi connectivity index (χ1v) is 10.7. The average molecular weight is 404 g/mol. The second-order valence-electron chi connectivity index (χ2n) is 7.19. The Morgan fingerprint density at radius 2 is 1.85 bits per heavy atom. The van der Waals surface area contributed by atoms with Gasteiger partial charge in [0.15, 0.2) is 0 Å². The highest BCUT2D eigenvalue weighted by molar-refractivity contribution is 7.92. The van der Waals surface area contributed by atoms with Crippen molar-refractivity contribution in [2.75, 3.05) is 17.5 Å². The van der Waals surface area contributed by atoms with Gasteiger partial charge in [-0.05, 0) is 43.4 Å². The normalized spacial score (nSPS) is 17.7. The molecular weight excluding hydrogens is 374 g/mol. The summed E-state index contributed by atoms with van der Waals surface area (Å²) in [7, 11) is -3.38. The van der Waals surface area contributed by atoms with Crippen LogP contribution in [-0.2, 0) is 14.8 Å². The Bertz CT molecular complexity index is 703. The van der Waals surface area contributed by atoms with Gasteiger partial charge in [0.2, 0.25) is 15.9 Å². The number of rotatable bonds is 7. The quantitative estimate of drug-likeness (QED) is 0.651. The lowest BCUT2D eigenvalue weighted by Gasteiger charge is -2.36. The number of anilines is 1. The smallest absolute Gasteiger partial charge is 0.229 e. The van der Waals surface area contributed by atoms with Crippen molar-refractivity contribution < 1.29 is 13.2 Å². The predicted octanol–water partition coefficient (Wildman–Crippen LogP) is 2.96. The molecule has 0 radical (unpaired) electrons. The minimum Gasteiger partial charge on any atom is -0.349 e. The highest BCUT2D eigenvalue weighted by Gasteiger charge is 2.33. The largest absolute Gasteiger partial charge is 0.349 e. The molecule has 1 saturated carbocycles. The minimum absolute atomic E-state index is 0. The van der Waals surface area contributed by atoms with Crippen LogP contribution in [0.2, 0.25) is 0 Å². The number of carbonyl (C=O) groups is 1. The van der Waals surface area contributed by atoms with Crippen molar-refractivity contribution in [2.24, 2.45) is 11.1 Å². The van der Waals surface area contributed by atoms with E-state index in [2.05, 4.69) is 10.0 Å². The van der Waals surface area contributed by atoms with E-state index in [1.807, 2.05) is 19.1 Å². The van der Waals surface area contributed by atoms with Gasteiger partial charge in [-0.3, -0.25) is 9.52 Å². The maximum atomic E-state index is 12.6. The second kappa shape index (κ2) is 9.58. The van der Waals surface area contributed by atoms with E-state index in [1.165, 1.54) is 6.42 Å². The van der Waals surface area contributed by atoms with Gasteiger partial charge < -0.3 is 11.1 Å². The lowest BCUT2D eigenvalue weighted by molar-refractivity contribution is -0.124. The van der Waals surface area contributed by atoms with Gasteiger partial charge in [-0.2, -0.15) is 0 Å². The second-order valence-corrected chi connectivity index (χ2v) is 8.94. The van der Waals surface area contributed by atoms with Crippen LogP contribution in [0.5, 0.6) is 0 Å². The molecule has 4 N–H and O–H groups in total. The van der Waals surface area contributed by atoms with E-state index in [9.17, 15) is 13.2 Å². The van der Waals surface area contributed by atoms with Crippen molar-refractivity contribution in [1.29, 1.82) is 0 Å². The van der Waals surface area contributed by atoms with Crippen molar-refractivity contribution in [2.45, 2.75) is 51.5 Å². The molecule has 1 aromatic carbocycles. The van der Waals surface area contributed by atoms with E-state index >= 15 is 0 Å². The number of nitrogens with two attached hydrogens (primary N) is 1. The SMILES string of the molecule is CC(NC(=O)CC1(CN)CCCCC1)c1ccccc1NS(C)(=O)=O.Cl. The fourth-order valence-electron chi connectivity index (χ4n) is 3.63. The number of carbonyl (C=O) groups excluding carboxylic acids is 1. The number of nitrogens with one attached hydrogen (secondary N) is 2. The van der Waals surface area contributed by atoms with Gasteiger partial charge in [-0.25, -0.2) is 8.42 Å². The van der Waals surface area contributed by atoms with Gasteiger partial charge in [0.25, 0.3) is 0 Å². The van der Waals surface area contributed by atoms with Gasteiger partial charge in [-0.15, -0.1) is 12.4 Å². The number of amides is 1. The third-order valence-corrected chi connectivity index (χ3v) is 5.57. The van der Waals surface area contributed by atoms with Crippen LogP contribution in [0.3, 0.4) is 0 Å². The van der Waals surface area contributed by atoms with Gasteiger partial charge in [0.1, 0.15) is 0 Å². The summed E-state index contributed by atoms with van der Waals surface area (Å²) in [5, 5.41) is 3.00. The molecule has 1 unspecified atom stereocenters. The van der Waals surface area contributed by atoms with Crippen molar-refractivity contribution in [3.05, 3.63) is 29.8 Å². The number of sulfonamides is 1. The molecule has 0 aliphatic heterocycles. The zero-order valence-electron chi connectivity index (χ0n) is 15.5. The maximum Gasteiger partial charge on any atom is 0.229 e. The Kier molecular flexibility index (Phi) is 8.37. The third-order valence-electron chi connectivity index (χ3n) is 4.98. The van der Waals surface area contributed by atoms with Crippen molar-refractivity contribution >= 4 is 34.0 Å². The van der Waals surface area contributed by atoms with Crippen molar-refractivity contribution in [1.82, 2.24) is 5.32 Å². The molecule has 26 heavy (non-hydrogen) atoms. The lowest BCUT2D eigenvalue weighted by atomic mass is 9.71. The fraction of sp³-hybridized carbons (Fsp3) is 0.611. The number of benzene rings is 1. The van der Waals surface area contributed by atoms with Crippen LogP contribution in [0.4, 0.5) is 5.69 Å². The van der Waals surface area contributed by atoms with E-state index in [4.69, 9.17) is 5.73 Å². The van der Waals surface area contributed by atoms with E-state index in [1.54, 1.807) is 12.1 Å². The fourth-order valence-corrected chi connectivity index (χ4v) is 4.22. The van der Waals surface area contributed by atoms with E-state index in [0.29, 0.717) is 18.7 Å². The standard InChI is InChI=1S/C18H29N3O3S.ClH/c1-14(15-8-4-5-9-16(15)21-25(2,23)24)20-17(22)12-18(13-19)10-6-3-7-11-18;/h4-5,8-9,14,21H,3,6-7,10-13,19H2,1-2H3,(H,20,22);1H. The van der Waals surface area contributed by atoms with Crippen LogP contribution in [0, 0.1) is 5.41 Å². The van der Waals surface area contributed by atoms with Gasteiger partial charge in [0.05, 0.1) is 18.0 Å². The van der Waals surface area contributed by atoms with Crippen LogP contribution in [0.15, 0.2) is 24.3 Å². The topological polar surface area (TPSA) is 101 Å². The third kappa shape index (κ3) is 6.45. The molecule has 0 bridgehead atoms. The summed E-state index contributed by atoms with van der Waals surface area (Å²) >= 11 is 0. The summed E-state index contributed by atoms with van der Waals surface area (Å²) in [5.41, 5.74) is 7.11. The van der Waals surface area contributed by atoms with Crippen LogP contribution in [-0.4, -0.2) is 27.1 Å². The van der Waals surface area contributed by atoms with Crippen LogP contribution in [0.1, 0.15) is 57.1 Å². The molecule has 0 aromatic heterocycles. The molecule has 148 valence electrons. The molecule has 0 spiro atoms. The van der Waals surface area contributed by atoms with E-state index in [-0.39, 0.29) is 29.8 Å². The molecule has 6 nitrogen and oxygen atoms in total. The van der Waals surface area contributed by atoms with Gasteiger partial charge >= 0.3 is 0 Å². The highest BCUT2D eigenvalue weighted by atomic mass is 35.5. The maximum absolute atomic E-state index is 12.6. The Balaban J connectivity index is 0.00000338. The van der Waals surface area contributed by atoms with E-state index < -0.39 is 10.0 Å². The molecule has 1 atom stereocenters. The molecule has 1 amide bonds. The van der Waals surface area contributed by atoms with Gasteiger partial charge in [-0.1, -0.05) is 37.5 Å². The number of para-hydroxylation sites is 1. The summed E-state index contributed by atoms with van der Waals surface area (Å²) in [6.45, 7) is 2.39. The molecule has 1 aromatic rings. The monoisotopic (exact) mass is 403 g/mol. The first kappa shape index (κ1) is 22.7. The predicted molar refractivity (Wildman–Crippen MR) is 108 cm³/mol. The number of hydrogen-bond acceptors (Lipinski definition) is 4. The van der Waals surface area contributed by atoms with Crippen LogP contribution < -0.4 is 15.8 Å². The molecule has 8 heteroatoms. The summed E-state index contributed by atoms with van der Waals surface area (Å²) in [6, 6.07) is 6.81. The Hall–Kier alpha value is -1.31. The Morgan fingerprint density at radius 3 is 2.42 bits per heavy atom. The minimum atomic E-state index is -3.38. The first-order chi connectivity index (χ1) is 11.7. The molecule has 0 heterocycles. The van der Waals surface area contributed by atoms with Crippen LogP contribution in [0.25, 0.3) is 0 Å². The Morgan fingerprint density at radius 1 is 1.23 bits per heavy atom. The Labute approximate surface area is 162 Å². The molecule has 1 aliphatic carbocycles. The summed E-state index contributed by atoms with van der Waals surface area (Å²) < 4.78 is 25.6. The molecule has 1 aliphatic rings. The zero-order valence-corrected chi connectivity index (χ0v) is 17.1. The van der Waals surface area contributed by atoms with Crippen molar-refractivity contribution in [3.63, 3.8) is 0 Å². The summed E-state index contributed by atoms with van der Waals surface area (Å²) in [5.74, 6) is -0.0333. The molecule has 2 rings (SSSR count). The zero-order chi connectivity index (χ0) is 18.5. The first-order valence-electron chi connectivity index (χ1n) is 8.81. The molecule has 0 saturated heterocycles. The number of hydrogen-bond donors (Lipinski definition) is 3. The summed E-state index contributed by atoms with van der Waals surface area (Å²) in [4.78, 5) is 12.6. The lowest BCUT2D eigenvalue weighted by Crippen LogP contribution is -2.39. The number of halogens is 1. The van der Waals surface area contributed by atoms with E-state index in [0.717, 1.165) is 37.5 Å². The average Bonchev–Trinajstić information content (AvgIpc) is 2.54. The van der Waals surface area contributed by atoms with Crippen LogP contribution >= 0.6 is 12.4 Å².